The molecule has 0 aromatic rings. The monoisotopic (exact) mass is 199 g/mol. The molecular formula is C10H17NO3. The van der Waals surface area contributed by atoms with Crippen molar-refractivity contribution < 1.29 is 14.6 Å². The van der Waals surface area contributed by atoms with Crippen molar-refractivity contribution >= 4 is 5.97 Å². The Morgan fingerprint density at radius 3 is 2.71 bits per heavy atom. The predicted octanol–water partition coefficient (Wildman–Crippen LogP) is 1.39. The van der Waals surface area contributed by atoms with E-state index in [2.05, 4.69) is 4.85 Å². The highest BCUT2D eigenvalue weighted by Gasteiger charge is 2.02. The van der Waals surface area contributed by atoms with Gasteiger partial charge in [-0.25, -0.2) is 6.57 Å². The second-order valence-corrected chi connectivity index (χ2v) is 2.99. The zero-order valence-electron chi connectivity index (χ0n) is 8.37. The first-order valence-corrected chi connectivity index (χ1v) is 4.91. The molecule has 0 atom stereocenters. The summed E-state index contributed by atoms with van der Waals surface area (Å²) in [4.78, 5) is 14.2. The molecule has 0 rings (SSSR count). The van der Waals surface area contributed by atoms with E-state index in [1.807, 2.05) is 0 Å². The van der Waals surface area contributed by atoms with Crippen molar-refractivity contribution in [1.29, 1.82) is 0 Å². The number of nitrogens with zero attached hydrogens (tertiary/aromatic N) is 1. The smallest absolute Gasteiger partial charge is 0.305 e. The van der Waals surface area contributed by atoms with E-state index in [1.54, 1.807) is 0 Å². The van der Waals surface area contributed by atoms with Gasteiger partial charge in [0, 0.05) is 13.0 Å². The fourth-order valence-electron chi connectivity index (χ4n) is 0.960. The number of carbonyl (C=O) groups excluding carboxylic acids is 1. The highest BCUT2D eigenvalue weighted by Crippen LogP contribution is 2.00. The molecule has 0 aromatic carbocycles. The van der Waals surface area contributed by atoms with Gasteiger partial charge in [-0.1, -0.05) is 6.42 Å². The van der Waals surface area contributed by atoms with Gasteiger partial charge in [0.05, 0.1) is 13.0 Å². The summed E-state index contributed by atoms with van der Waals surface area (Å²) in [5, 5.41) is 8.49. The van der Waals surface area contributed by atoms with E-state index >= 15 is 0 Å². The van der Waals surface area contributed by atoms with Crippen LogP contribution >= 0.6 is 0 Å². The van der Waals surface area contributed by atoms with Crippen LogP contribution in [0.25, 0.3) is 4.85 Å². The Morgan fingerprint density at radius 1 is 1.29 bits per heavy atom. The van der Waals surface area contributed by atoms with Gasteiger partial charge in [0.1, 0.15) is 0 Å². The van der Waals surface area contributed by atoms with Gasteiger partial charge in [-0.15, -0.1) is 0 Å². The molecule has 0 heterocycles. The third-order valence-corrected chi connectivity index (χ3v) is 1.72. The maximum absolute atomic E-state index is 11.0. The Balaban J connectivity index is 3.16. The van der Waals surface area contributed by atoms with Crippen LogP contribution in [-0.4, -0.2) is 30.8 Å². The SMILES string of the molecule is [C-]#[N+]CCCOC(=O)CCCCCO. The molecule has 0 aliphatic rings. The maximum Gasteiger partial charge on any atom is 0.305 e. The van der Waals surface area contributed by atoms with Gasteiger partial charge in [-0.3, -0.25) is 4.79 Å². The number of hydrogen-bond donors (Lipinski definition) is 1. The van der Waals surface area contributed by atoms with Crippen molar-refractivity contribution in [2.24, 2.45) is 0 Å². The molecule has 80 valence electrons. The zero-order chi connectivity index (χ0) is 10.6. The van der Waals surface area contributed by atoms with Crippen molar-refractivity contribution in [3.63, 3.8) is 0 Å². The molecule has 1 N–H and O–H groups in total. The van der Waals surface area contributed by atoms with E-state index in [4.69, 9.17) is 16.4 Å². The summed E-state index contributed by atoms with van der Waals surface area (Å²) < 4.78 is 4.88. The molecule has 0 radical (unpaired) electrons. The van der Waals surface area contributed by atoms with E-state index in [-0.39, 0.29) is 12.6 Å². The van der Waals surface area contributed by atoms with E-state index in [9.17, 15) is 4.79 Å². The number of hydrogen-bond acceptors (Lipinski definition) is 3. The number of rotatable bonds is 8. The third-order valence-electron chi connectivity index (χ3n) is 1.72. The quantitative estimate of drug-likeness (QED) is 0.365. The average molecular weight is 199 g/mol. The number of unbranched alkanes of at least 4 members (excludes halogenated alkanes) is 2. The molecular weight excluding hydrogens is 182 g/mol. The van der Waals surface area contributed by atoms with Gasteiger partial charge in [-0.05, 0) is 12.8 Å². The normalized spacial score (nSPS) is 9.43. The van der Waals surface area contributed by atoms with Crippen LogP contribution < -0.4 is 0 Å². The van der Waals surface area contributed by atoms with Crippen molar-refractivity contribution in [1.82, 2.24) is 0 Å². The molecule has 4 heteroatoms. The molecule has 0 aliphatic carbocycles. The Morgan fingerprint density at radius 2 is 2.07 bits per heavy atom. The van der Waals surface area contributed by atoms with E-state index in [0.29, 0.717) is 26.0 Å². The molecule has 14 heavy (non-hydrogen) atoms. The average Bonchev–Trinajstić information content (AvgIpc) is 2.19. The molecule has 0 aliphatic heterocycles. The largest absolute Gasteiger partial charge is 0.465 e. The summed E-state index contributed by atoms with van der Waals surface area (Å²) in [5.74, 6) is -0.201. The first-order chi connectivity index (χ1) is 6.81. The lowest BCUT2D eigenvalue weighted by Gasteiger charge is -2.01. The first kappa shape index (κ1) is 12.9. The van der Waals surface area contributed by atoms with Gasteiger partial charge in [0.2, 0.25) is 6.54 Å². The molecule has 0 bridgehead atoms. The number of aliphatic hydroxyl groups excluding tert-OH is 1. The summed E-state index contributed by atoms with van der Waals surface area (Å²) in [6, 6.07) is 0. The lowest BCUT2D eigenvalue weighted by Crippen LogP contribution is -2.06. The summed E-state index contributed by atoms with van der Waals surface area (Å²) in [6.07, 6.45) is 3.39. The zero-order valence-corrected chi connectivity index (χ0v) is 8.37. The van der Waals surface area contributed by atoms with Crippen LogP contribution in [0.5, 0.6) is 0 Å². The summed E-state index contributed by atoms with van der Waals surface area (Å²) in [7, 11) is 0. The minimum atomic E-state index is -0.201. The Hall–Kier alpha value is -1.08. The van der Waals surface area contributed by atoms with E-state index in [1.165, 1.54) is 0 Å². The molecule has 0 amide bonds. The van der Waals surface area contributed by atoms with Gasteiger partial charge < -0.3 is 14.7 Å². The van der Waals surface area contributed by atoms with Crippen molar-refractivity contribution in [2.75, 3.05) is 19.8 Å². The number of esters is 1. The molecule has 0 saturated heterocycles. The lowest BCUT2D eigenvalue weighted by molar-refractivity contribution is -0.143. The van der Waals surface area contributed by atoms with Gasteiger partial charge in [-0.2, -0.15) is 0 Å². The lowest BCUT2D eigenvalue weighted by atomic mass is 10.2. The fourth-order valence-corrected chi connectivity index (χ4v) is 0.960. The summed E-state index contributed by atoms with van der Waals surface area (Å²) in [5.41, 5.74) is 0. The Bertz CT molecular complexity index is 186. The standard InChI is InChI=1S/C10H17NO3/c1-11-7-5-9-14-10(13)6-3-2-4-8-12/h12H,2-9H2. The minimum absolute atomic E-state index is 0.181. The highest BCUT2D eigenvalue weighted by atomic mass is 16.5. The van der Waals surface area contributed by atoms with Crippen LogP contribution in [0.3, 0.4) is 0 Å². The van der Waals surface area contributed by atoms with E-state index < -0.39 is 0 Å². The van der Waals surface area contributed by atoms with Crippen molar-refractivity contribution in [2.45, 2.75) is 32.1 Å². The van der Waals surface area contributed by atoms with Crippen LogP contribution in [0.15, 0.2) is 0 Å². The van der Waals surface area contributed by atoms with Crippen LogP contribution in [0.2, 0.25) is 0 Å². The van der Waals surface area contributed by atoms with Gasteiger partial charge in [0.15, 0.2) is 0 Å². The van der Waals surface area contributed by atoms with Gasteiger partial charge in [0.25, 0.3) is 0 Å². The molecule has 0 unspecified atom stereocenters. The first-order valence-electron chi connectivity index (χ1n) is 4.91. The molecule has 4 nitrogen and oxygen atoms in total. The molecule has 0 fully saturated rings. The van der Waals surface area contributed by atoms with Crippen molar-refractivity contribution in [3.05, 3.63) is 11.4 Å². The molecule has 0 spiro atoms. The second-order valence-electron chi connectivity index (χ2n) is 2.99. The van der Waals surface area contributed by atoms with Crippen molar-refractivity contribution in [3.8, 4) is 0 Å². The Labute approximate surface area is 84.7 Å². The second kappa shape index (κ2) is 10.0. The van der Waals surface area contributed by atoms with Gasteiger partial charge >= 0.3 is 5.97 Å². The summed E-state index contributed by atoms with van der Waals surface area (Å²) >= 11 is 0. The fraction of sp³-hybridized carbons (Fsp3) is 0.800. The van der Waals surface area contributed by atoms with Crippen LogP contribution in [-0.2, 0) is 9.53 Å². The highest BCUT2D eigenvalue weighted by molar-refractivity contribution is 5.69. The Kier molecular flexibility index (Phi) is 9.23. The van der Waals surface area contributed by atoms with E-state index in [0.717, 1.165) is 19.3 Å². The molecule has 0 aromatic heterocycles. The topological polar surface area (TPSA) is 50.9 Å². The summed E-state index contributed by atoms with van der Waals surface area (Å²) in [6.45, 7) is 7.45. The van der Waals surface area contributed by atoms with Crippen LogP contribution in [0.1, 0.15) is 32.1 Å². The number of carbonyl (C=O) groups is 1. The minimum Gasteiger partial charge on any atom is -0.465 e. The van der Waals surface area contributed by atoms with Crippen LogP contribution in [0.4, 0.5) is 0 Å². The third kappa shape index (κ3) is 9.01. The maximum atomic E-state index is 11.0. The number of ether oxygens (including phenoxy) is 1. The molecule has 0 saturated carbocycles. The predicted molar refractivity (Wildman–Crippen MR) is 52.6 cm³/mol. The number of aliphatic hydroxyl groups is 1. The van der Waals surface area contributed by atoms with Crippen LogP contribution in [0, 0.1) is 6.57 Å².